The van der Waals surface area contributed by atoms with E-state index in [4.69, 9.17) is 5.11 Å². The van der Waals surface area contributed by atoms with Crippen LogP contribution in [0.25, 0.3) is 0 Å². The summed E-state index contributed by atoms with van der Waals surface area (Å²) in [7, 11) is 0. The second-order valence-corrected chi connectivity index (χ2v) is 6.44. The average Bonchev–Trinajstić information content (AvgIpc) is 2.38. The highest BCUT2D eigenvalue weighted by atomic mass is 16.4. The third-order valence-electron chi connectivity index (χ3n) is 4.78. The van der Waals surface area contributed by atoms with Crippen molar-refractivity contribution in [1.82, 2.24) is 4.90 Å². The molecule has 1 heterocycles. The molecule has 2 N–H and O–H groups in total. The lowest BCUT2D eigenvalue weighted by molar-refractivity contribution is -0.137. The van der Waals surface area contributed by atoms with Crippen LogP contribution < -0.4 is 0 Å². The number of hydrogen-bond donors (Lipinski definition) is 2. The van der Waals surface area contributed by atoms with E-state index in [0.717, 1.165) is 64.6 Å². The normalized spacial score (nSPS) is 25.3. The van der Waals surface area contributed by atoms with Crippen LogP contribution in [-0.4, -0.2) is 46.3 Å². The van der Waals surface area contributed by atoms with Crippen molar-refractivity contribution in [3.05, 3.63) is 0 Å². The van der Waals surface area contributed by atoms with Crippen molar-refractivity contribution in [2.75, 3.05) is 19.6 Å². The Hall–Kier alpha value is -0.610. The van der Waals surface area contributed by atoms with Crippen LogP contribution in [0, 0.1) is 5.92 Å². The Morgan fingerprint density at radius 2 is 1.79 bits per heavy atom. The number of rotatable bonds is 5. The summed E-state index contributed by atoms with van der Waals surface area (Å²) in [6, 6.07) is 0. The summed E-state index contributed by atoms with van der Waals surface area (Å²) in [5, 5.41) is 19.2. The molecule has 0 aromatic heterocycles. The molecule has 0 atom stereocenters. The van der Waals surface area contributed by atoms with Crippen molar-refractivity contribution in [3.63, 3.8) is 0 Å². The molecule has 1 aliphatic heterocycles. The molecule has 1 saturated heterocycles. The van der Waals surface area contributed by atoms with Gasteiger partial charge >= 0.3 is 5.97 Å². The van der Waals surface area contributed by atoms with Gasteiger partial charge in [-0.05, 0) is 51.1 Å². The summed E-state index contributed by atoms with van der Waals surface area (Å²) < 4.78 is 0. The Kier molecular flexibility index (Phi) is 5.22. The van der Waals surface area contributed by atoms with Gasteiger partial charge in [0.05, 0.1) is 5.60 Å². The molecule has 2 fully saturated rings. The summed E-state index contributed by atoms with van der Waals surface area (Å²) in [5.74, 6) is -0.118. The first-order chi connectivity index (χ1) is 9.07. The van der Waals surface area contributed by atoms with Gasteiger partial charge in [-0.3, -0.25) is 4.79 Å². The molecule has 0 aromatic carbocycles. The van der Waals surface area contributed by atoms with E-state index in [2.05, 4.69) is 4.90 Å². The Labute approximate surface area is 115 Å². The third kappa shape index (κ3) is 4.77. The lowest BCUT2D eigenvalue weighted by Gasteiger charge is -2.40. The van der Waals surface area contributed by atoms with Gasteiger partial charge in [-0.1, -0.05) is 19.3 Å². The molecule has 0 amide bonds. The number of piperidine rings is 1. The average molecular weight is 269 g/mol. The van der Waals surface area contributed by atoms with E-state index in [-0.39, 0.29) is 0 Å². The van der Waals surface area contributed by atoms with Crippen LogP contribution in [0.15, 0.2) is 0 Å². The minimum Gasteiger partial charge on any atom is -0.481 e. The number of nitrogens with zero attached hydrogens (tertiary/aromatic N) is 1. The van der Waals surface area contributed by atoms with Crippen molar-refractivity contribution in [2.45, 2.75) is 63.4 Å². The largest absolute Gasteiger partial charge is 0.481 e. The lowest BCUT2D eigenvalue weighted by Crippen LogP contribution is -2.47. The monoisotopic (exact) mass is 269 g/mol. The maximum absolute atomic E-state index is 10.6. The van der Waals surface area contributed by atoms with E-state index >= 15 is 0 Å². The van der Waals surface area contributed by atoms with Gasteiger partial charge in [0.15, 0.2) is 0 Å². The van der Waals surface area contributed by atoms with E-state index in [0.29, 0.717) is 12.3 Å². The summed E-state index contributed by atoms with van der Waals surface area (Å²) >= 11 is 0. The fraction of sp³-hybridized carbons (Fsp3) is 0.933. The molecule has 0 radical (unpaired) electrons. The number of carboxylic acid groups (broad SMARTS) is 1. The Balaban J connectivity index is 1.69. The molecule has 0 bridgehead atoms. The molecule has 2 rings (SSSR count). The highest BCUT2D eigenvalue weighted by Crippen LogP contribution is 2.30. The van der Waals surface area contributed by atoms with Crippen LogP contribution in [0.3, 0.4) is 0 Å². The molecule has 110 valence electrons. The van der Waals surface area contributed by atoms with Gasteiger partial charge in [0.1, 0.15) is 0 Å². The highest BCUT2D eigenvalue weighted by Gasteiger charge is 2.32. The first-order valence-electron chi connectivity index (χ1n) is 7.74. The molecule has 0 spiro atoms. The third-order valence-corrected chi connectivity index (χ3v) is 4.78. The van der Waals surface area contributed by atoms with E-state index in [1.54, 1.807) is 0 Å². The zero-order chi connectivity index (χ0) is 13.7. The fourth-order valence-electron chi connectivity index (χ4n) is 3.55. The molecule has 0 aromatic rings. The first kappa shape index (κ1) is 14.8. The van der Waals surface area contributed by atoms with Gasteiger partial charge in [0.25, 0.3) is 0 Å². The summed E-state index contributed by atoms with van der Waals surface area (Å²) in [6.07, 6.45) is 8.77. The number of likely N-dealkylation sites (tertiary alicyclic amines) is 1. The lowest BCUT2D eigenvalue weighted by atomic mass is 9.83. The van der Waals surface area contributed by atoms with Gasteiger partial charge < -0.3 is 15.1 Å². The van der Waals surface area contributed by atoms with Gasteiger partial charge in [-0.15, -0.1) is 0 Å². The minimum atomic E-state index is -0.682. The van der Waals surface area contributed by atoms with E-state index in [9.17, 15) is 9.90 Å². The van der Waals surface area contributed by atoms with Crippen molar-refractivity contribution in [3.8, 4) is 0 Å². The van der Waals surface area contributed by atoms with E-state index < -0.39 is 11.6 Å². The maximum atomic E-state index is 10.6. The van der Waals surface area contributed by atoms with Crippen LogP contribution in [0.5, 0.6) is 0 Å². The zero-order valence-corrected chi connectivity index (χ0v) is 11.8. The zero-order valence-electron chi connectivity index (χ0n) is 11.8. The molecule has 4 nitrogen and oxygen atoms in total. The topological polar surface area (TPSA) is 60.8 Å². The predicted octanol–water partition coefficient (Wildman–Crippen LogP) is 2.26. The van der Waals surface area contributed by atoms with Gasteiger partial charge in [-0.2, -0.15) is 0 Å². The Morgan fingerprint density at radius 1 is 1.16 bits per heavy atom. The van der Waals surface area contributed by atoms with Gasteiger partial charge in [0.2, 0.25) is 0 Å². The second-order valence-electron chi connectivity index (χ2n) is 6.44. The van der Waals surface area contributed by atoms with Crippen LogP contribution in [0.1, 0.15) is 57.8 Å². The molecule has 19 heavy (non-hydrogen) atoms. The quantitative estimate of drug-likeness (QED) is 0.803. The van der Waals surface area contributed by atoms with Crippen LogP contribution in [-0.2, 0) is 4.79 Å². The number of β-amino-alcohol motifs (C(OH)–C–C–N with tert-alkyl or cyclic N) is 1. The number of aliphatic carboxylic acids is 1. The summed E-state index contributed by atoms with van der Waals surface area (Å²) in [5.41, 5.74) is -0.452. The van der Waals surface area contributed by atoms with Crippen molar-refractivity contribution >= 4 is 5.97 Å². The Morgan fingerprint density at radius 3 is 2.37 bits per heavy atom. The molecule has 2 aliphatic rings. The van der Waals surface area contributed by atoms with E-state index in [1.165, 1.54) is 6.42 Å². The minimum absolute atomic E-state index is 0.300. The summed E-state index contributed by atoms with van der Waals surface area (Å²) in [6.45, 7) is 2.86. The maximum Gasteiger partial charge on any atom is 0.303 e. The standard InChI is InChI=1S/C15H27NO3/c17-14(18)5-4-13-6-10-16(11-7-13)12-15(19)8-2-1-3-9-15/h13,19H,1-12H2,(H,17,18). The Bertz CT molecular complexity index is 292. The fourth-order valence-corrected chi connectivity index (χ4v) is 3.55. The second kappa shape index (κ2) is 6.71. The molecular formula is C15H27NO3. The number of carboxylic acids is 1. The van der Waals surface area contributed by atoms with Crippen molar-refractivity contribution < 1.29 is 15.0 Å². The molecule has 1 saturated carbocycles. The van der Waals surface area contributed by atoms with Crippen LogP contribution >= 0.6 is 0 Å². The molecule has 0 unspecified atom stereocenters. The van der Waals surface area contributed by atoms with Crippen molar-refractivity contribution in [1.29, 1.82) is 0 Å². The van der Waals surface area contributed by atoms with Crippen molar-refractivity contribution in [2.24, 2.45) is 5.92 Å². The SMILES string of the molecule is O=C(O)CCC1CCN(CC2(O)CCCCC2)CC1. The first-order valence-corrected chi connectivity index (χ1v) is 7.74. The van der Waals surface area contributed by atoms with E-state index in [1.807, 2.05) is 0 Å². The number of carbonyl (C=O) groups is 1. The molecule has 4 heteroatoms. The van der Waals surface area contributed by atoms with Gasteiger partial charge in [0, 0.05) is 13.0 Å². The van der Waals surface area contributed by atoms with Crippen LogP contribution in [0.4, 0.5) is 0 Å². The summed E-state index contributed by atoms with van der Waals surface area (Å²) in [4.78, 5) is 12.9. The number of aliphatic hydroxyl groups is 1. The highest BCUT2D eigenvalue weighted by molar-refractivity contribution is 5.66. The van der Waals surface area contributed by atoms with Gasteiger partial charge in [-0.25, -0.2) is 0 Å². The molecule has 1 aliphatic carbocycles. The smallest absolute Gasteiger partial charge is 0.303 e. The molecular weight excluding hydrogens is 242 g/mol. The number of hydrogen-bond acceptors (Lipinski definition) is 3. The van der Waals surface area contributed by atoms with Crippen LogP contribution in [0.2, 0.25) is 0 Å². The predicted molar refractivity (Wildman–Crippen MR) is 74.1 cm³/mol.